The van der Waals surface area contributed by atoms with Gasteiger partial charge in [-0.1, -0.05) is 140 Å². The van der Waals surface area contributed by atoms with E-state index in [-0.39, 0.29) is 0 Å². The van der Waals surface area contributed by atoms with E-state index in [4.69, 9.17) is 4.42 Å². The first kappa shape index (κ1) is 31.7. The maximum atomic E-state index is 6.29. The van der Waals surface area contributed by atoms with Crippen LogP contribution in [0.3, 0.4) is 0 Å². The average molecular weight is 727 g/mol. The van der Waals surface area contributed by atoms with Gasteiger partial charge in [0.25, 0.3) is 0 Å². The van der Waals surface area contributed by atoms with E-state index >= 15 is 0 Å². The van der Waals surface area contributed by atoms with Crippen molar-refractivity contribution in [3.05, 3.63) is 206 Å². The molecule has 0 aliphatic carbocycles. The highest BCUT2D eigenvalue weighted by Gasteiger charge is 2.21. The summed E-state index contributed by atoms with van der Waals surface area (Å²) in [5, 5.41) is 7.13. The summed E-state index contributed by atoms with van der Waals surface area (Å²) in [5.74, 6) is 0. The number of hydrogen-bond donors (Lipinski definition) is 0. The Bertz CT molecular complexity index is 3460. The van der Waals surface area contributed by atoms with Crippen molar-refractivity contribution in [1.29, 1.82) is 0 Å². The molecule has 0 aliphatic rings. The Hall–Kier alpha value is -7.62. The van der Waals surface area contributed by atoms with Crippen LogP contribution in [0.15, 0.2) is 211 Å². The van der Waals surface area contributed by atoms with E-state index in [1.807, 2.05) is 12.1 Å². The van der Waals surface area contributed by atoms with Gasteiger partial charge >= 0.3 is 0 Å². The molecule has 0 atom stereocenters. The minimum atomic E-state index is 0.890. The predicted octanol–water partition coefficient (Wildman–Crippen LogP) is 14.8. The van der Waals surface area contributed by atoms with E-state index in [0.717, 1.165) is 44.3 Å². The van der Waals surface area contributed by atoms with Gasteiger partial charge in [-0.05, 0) is 100 Å². The first-order chi connectivity index (χ1) is 28.3. The molecule has 0 spiro atoms. The number of aromatic nitrogens is 2. The zero-order valence-corrected chi connectivity index (χ0v) is 30.9. The van der Waals surface area contributed by atoms with Gasteiger partial charge in [0.15, 0.2) is 0 Å². The van der Waals surface area contributed by atoms with Crippen LogP contribution < -0.4 is 0 Å². The maximum absolute atomic E-state index is 6.29. The summed E-state index contributed by atoms with van der Waals surface area (Å²) in [6.45, 7) is 0. The number of fused-ring (bicyclic) bond motifs is 9. The van der Waals surface area contributed by atoms with Gasteiger partial charge in [-0.25, -0.2) is 0 Å². The van der Waals surface area contributed by atoms with E-state index in [2.05, 4.69) is 203 Å². The molecule has 0 aliphatic heterocycles. The van der Waals surface area contributed by atoms with E-state index in [9.17, 15) is 0 Å². The molecule has 12 rings (SSSR count). The summed E-state index contributed by atoms with van der Waals surface area (Å²) in [7, 11) is 0. The molecule has 12 aromatic rings. The first-order valence-electron chi connectivity index (χ1n) is 19.5. The van der Waals surface area contributed by atoms with Crippen LogP contribution in [0.25, 0.3) is 110 Å². The fraction of sp³-hybridized carbons (Fsp3) is 0. The Kier molecular flexibility index (Phi) is 6.93. The number of para-hydroxylation sites is 3. The molecule has 9 aromatic carbocycles. The second kappa shape index (κ2) is 12.5. The van der Waals surface area contributed by atoms with Crippen molar-refractivity contribution >= 4 is 65.6 Å². The van der Waals surface area contributed by atoms with E-state index in [0.29, 0.717) is 0 Å². The molecule has 0 amide bonds. The quantitative estimate of drug-likeness (QED) is 0.173. The molecule has 266 valence electrons. The molecule has 3 aromatic heterocycles. The standard InChI is InChI=1S/C54H34N2O/c1-3-14-35(15-4-1)37-26-29-40(36-16-5-2-6-17-36)44(32-37)38-27-30-49-46(33-38)54-50(55(49)39-28-31-53-45(34-39)43-20-9-12-25-52(43)57-53)23-13-24-51(54)56-47-21-10-7-18-41(47)42-19-8-11-22-48(42)56/h1-34H. The lowest BCUT2D eigenvalue weighted by molar-refractivity contribution is 0.669. The van der Waals surface area contributed by atoms with Crippen LogP contribution in [-0.2, 0) is 0 Å². The number of furan rings is 1. The third-order valence-electron chi connectivity index (χ3n) is 11.7. The number of benzene rings is 9. The summed E-state index contributed by atoms with van der Waals surface area (Å²) in [5.41, 5.74) is 15.9. The summed E-state index contributed by atoms with van der Waals surface area (Å²) in [4.78, 5) is 0. The molecule has 0 saturated heterocycles. The van der Waals surface area contributed by atoms with Gasteiger partial charge in [-0.3, -0.25) is 0 Å². The Morgan fingerprint density at radius 3 is 1.68 bits per heavy atom. The van der Waals surface area contributed by atoms with Crippen LogP contribution in [0.4, 0.5) is 0 Å². The minimum absolute atomic E-state index is 0.890. The molecule has 0 N–H and O–H groups in total. The summed E-state index contributed by atoms with van der Waals surface area (Å²) in [6.07, 6.45) is 0. The third kappa shape index (κ3) is 4.86. The highest BCUT2D eigenvalue weighted by molar-refractivity contribution is 6.17. The van der Waals surface area contributed by atoms with Crippen LogP contribution in [0, 0.1) is 0 Å². The molecule has 0 unspecified atom stereocenters. The summed E-state index contributed by atoms with van der Waals surface area (Å²) in [6, 6.07) is 74.6. The fourth-order valence-electron chi connectivity index (χ4n) is 9.18. The molecular formula is C54H34N2O. The molecule has 0 fully saturated rings. The van der Waals surface area contributed by atoms with Gasteiger partial charge in [-0.15, -0.1) is 0 Å². The molecule has 0 bridgehead atoms. The average Bonchev–Trinajstić information content (AvgIpc) is 3.94. The zero-order valence-electron chi connectivity index (χ0n) is 30.9. The molecule has 3 heterocycles. The largest absolute Gasteiger partial charge is 0.456 e. The van der Waals surface area contributed by atoms with Crippen molar-refractivity contribution in [3.8, 4) is 44.8 Å². The lowest BCUT2D eigenvalue weighted by Crippen LogP contribution is -1.96. The SMILES string of the molecule is c1ccc(-c2ccc(-c3ccccc3)c(-c3ccc4c(c3)c3c(-n5c6ccccc6c6ccccc65)cccc3n4-c3ccc4oc5ccccc5c4c3)c2)cc1. The Balaban J connectivity index is 1.19. The molecule has 0 saturated carbocycles. The Labute approximate surface area is 328 Å². The second-order valence-corrected chi connectivity index (χ2v) is 14.9. The van der Waals surface area contributed by atoms with Crippen LogP contribution in [0.1, 0.15) is 0 Å². The van der Waals surface area contributed by atoms with E-state index < -0.39 is 0 Å². The van der Waals surface area contributed by atoms with Crippen molar-refractivity contribution in [3.63, 3.8) is 0 Å². The van der Waals surface area contributed by atoms with Crippen LogP contribution in [0.5, 0.6) is 0 Å². The Morgan fingerprint density at radius 2 is 0.912 bits per heavy atom. The van der Waals surface area contributed by atoms with Crippen molar-refractivity contribution in [2.45, 2.75) is 0 Å². The second-order valence-electron chi connectivity index (χ2n) is 14.9. The van der Waals surface area contributed by atoms with Crippen LogP contribution in [0.2, 0.25) is 0 Å². The van der Waals surface area contributed by atoms with Crippen molar-refractivity contribution < 1.29 is 4.42 Å². The van der Waals surface area contributed by atoms with Gasteiger partial charge < -0.3 is 13.6 Å². The lowest BCUT2D eigenvalue weighted by Gasteiger charge is -2.14. The van der Waals surface area contributed by atoms with E-state index in [1.54, 1.807) is 0 Å². The molecule has 0 radical (unpaired) electrons. The number of nitrogens with zero attached hydrogens (tertiary/aromatic N) is 2. The first-order valence-corrected chi connectivity index (χ1v) is 19.5. The van der Waals surface area contributed by atoms with Crippen molar-refractivity contribution in [2.24, 2.45) is 0 Å². The van der Waals surface area contributed by atoms with Crippen molar-refractivity contribution in [2.75, 3.05) is 0 Å². The minimum Gasteiger partial charge on any atom is -0.456 e. The van der Waals surface area contributed by atoms with Gasteiger partial charge in [0.2, 0.25) is 0 Å². The molecule has 57 heavy (non-hydrogen) atoms. The number of hydrogen-bond acceptors (Lipinski definition) is 1. The normalized spacial score (nSPS) is 11.9. The summed E-state index contributed by atoms with van der Waals surface area (Å²) < 4.78 is 11.2. The highest BCUT2D eigenvalue weighted by Crippen LogP contribution is 2.44. The predicted molar refractivity (Wildman–Crippen MR) is 239 cm³/mol. The topological polar surface area (TPSA) is 23.0 Å². The zero-order chi connectivity index (χ0) is 37.5. The van der Waals surface area contributed by atoms with Gasteiger partial charge in [-0.2, -0.15) is 0 Å². The smallest absolute Gasteiger partial charge is 0.135 e. The fourth-order valence-corrected chi connectivity index (χ4v) is 9.18. The number of rotatable bonds is 5. The molecular weight excluding hydrogens is 693 g/mol. The highest BCUT2D eigenvalue weighted by atomic mass is 16.3. The molecule has 3 heteroatoms. The van der Waals surface area contributed by atoms with Crippen LogP contribution in [-0.4, -0.2) is 9.13 Å². The summed E-state index contributed by atoms with van der Waals surface area (Å²) >= 11 is 0. The van der Waals surface area contributed by atoms with Gasteiger partial charge in [0.05, 0.1) is 27.8 Å². The van der Waals surface area contributed by atoms with Crippen molar-refractivity contribution in [1.82, 2.24) is 9.13 Å². The maximum Gasteiger partial charge on any atom is 0.135 e. The molecule has 3 nitrogen and oxygen atoms in total. The van der Waals surface area contributed by atoms with Crippen LogP contribution >= 0.6 is 0 Å². The van der Waals surface area contributed by atoms with Gasteiger partial charge in [0.1, 0.15) is 11.2 Å². The van der Waals surface area contributed by atoms with E-state index in [1.165, 1.54) is 66.0 Å². The lowest BCUT2D eigenvalue weighted by atomic mass is 9.90. The van der Waals surface area contributed by atoms with Gasteiger partial charge in [0, 0.05) is 38.0 Å². The third-order valence-corrected chi connectivity index (χ3v) is 11.7. The monoisotopic (exact) mass is 726 g/mol. The Morgan fingerprint density at radius 1 is 0.298 bits per heavy atom.